The summed E-state index contributed by atoms with van der Waals surface area (Å²) in [5.74, 6) is 0.0415. The maximum Gasteiger partial charge on any atom is 0.225 e. The average molecular weight is 311 g/mol. The SMILES string of the molecule is CC1(C)CC(=O)Nc2ccc(-c3cc(Cl)cc(C#N)c3)cc21. The van der Waals surface area contributed by atoms with E-state index in [1.165, 1.54) is 0 Å². The van der Waals surface area contributed by atoms with E-state index in [1.54, 1.807) is 6.07 Å². The van der Waals surface area contributed by atoms with Crippen LogP contribution in [0.25, 0.3) is 11.1 Å². The molecule has 1 aliphatic rings. The van der Waals surface area contributed by atoms with Crippen molar-refractivity contribution in [3.05, 3.63) is 52.5 Å². The zero-order chi connectivity index (χ0) is 15.9. The average Bonchev–Trinajstić information content (AvgIpc) is 2.45. The number of nitrogens with one attached hydrogen (secondary N) is 1. The molecule has 1 aliphatic heterocycles. The number of carbonyl (C=O) groups is 1. The Morgan fingerprint density at radius 2 is 1.95 bits per heavy atom. The molecule has 0 unspecified atom stereocenters. The highest BCUT2D eigenvalue weighted by Crippen LogP contribution is 2.39. The van der Waals surface area contributed by atoms with Gasteiger partial charge in [-0.15, -0.1) is 0 Å². The fourth-order valence-electron chi connectivity index (χ4n) is 2.90. The smallest absolute Gasteiger partial charge is 0.225 e. The van der Waals surface area contributed by atoms with Crippen LogP contribution in [0.15, 0.2) is 36.4 Å². The van der Waals surface area contributed by atoms with E-state index in [0.717, 1.165) is 22.4 Å². The van der Waals surface area contributed by atoms with E-state index in [2.05, 4.69) is 31.3 Å². The molecule has 0 aliphatic carbocycles. The number of hydrogen-bond donors (Lipinski definition) is 1. The molecule has 1 amide bonds. The second kappa shape index (κ2) is 5.15. The van der Waals surface area contributed by atoms with Gasteiger partial charge in [0.1, 0.15) is 0 Å². The minimum Gasteiger partial charge on any atom is -0.326 e. The van der Waals surface area contributed by atoms with Crippen molar-refractivity contribution in [2.75, 3.05) is 5.32 Å². The highest BCUT2D eigenvalue weighted by atomic mass is 35.5. The minimum absolute atomic E-state index is 0.0415. The van der Waals surface area contributed by atoms with Crippen molar-refractivity contribution in [3.63, 3.8) is 0 Å². The van der Waals surface area contributed by atoms with Crippen molar-refractivity contribution in [2.24, 2.45) is 0 Å². The summed E-state index contributed by atoms with van der Waals surface area (Å²) in [7, 11) is 0. The molecule has 2 aromatic carbocycles. The van der Waals surface area contributed by atoms with Crippen LogP contribution in [0.4, 0.5) is 5.69 Å². The van der Waals surface area contributed by atoms with Crippen molar-refractivity contribution in [3.8, 4) is 17.2 Å². The number of anilines is 1. The first kappa shape index (κ1) is 14.6. The number of nitriles is 1. The molecule has 1 N–H and O–H groups in total. The number of carbonyl (C=O) groups excluding carboxylic acids is 1. The van der Waals surface area contributed by atoms with Gasteiger partial charge in [-0.1, -0.05) is 31.5 Å². The molecule has 0 aromatic heterocycles. The summed E-state index contributed by atoms with van der Waals surface area (Å²) >= 11 is 6.09. The topological polar surface area (TPSA) is 52.9 Å². The van der Waals surface area contributed by atoms with Gasteiger partial charge >= 0.3 is 0 Å². The standard InChI is InChI=1S/C18H15ClN2O/c1-18(2)9-17(22)21-16-4-3-12(8-15(16)18)13-5-11(10-20)6-14(19)7-13/h3-8H,9H2,1-2H3,(H,21,22). The van der Waals surface area contributed by atoms with E-state index in [1.807, 2.05) is 24.3 Å². The maximum atomic E-state index is 11.8. The van der Waals surface area contributed by atoms with Gasteiger partial charge in [0.05, 0.1) is 11.6 Å². The first-order valence-corrected chi connectivity index (χ1v) is 7.42. The summed E-state index contributed by atoms with van der Waals surface area (Å²) in [6, 6.07) is 13.4. The first-order valence-electron chi connectivity index (χ1n) is 7.04. The van der Waals surface area contributed by atoms with Crippen LogP contribution in [0.3, 0.4) is 0 Å². The van der Waals surface area contributed by atoms with Crippen molar-refractivity contribution in [1.29, 1.82) is 5.26 Å². The summed E-state index contributed by atoms with van der Waals surface area (Å²) in [4.78, 5) is 11.8. The van der Waals surface area contributed by atoms with Gasteiger partial charge in [0.15, 0.2) is 0 Å². The molecule has 0 radical (unpaired) electrons. The molecule has 0 fully saturated rings. The van der Waals surface area contributed by atoms with Crippen LogP contribution < -0.4 is 5.32 Å². The zero-order valence-electron chi connectivity index (χ0n) is 12.4. The zero-order valence-corrected chi connectivity index (χ0v) is 13.2. The Hall–Kier alpha value is -2.31. The Kier molecular flexibility index (Phi) is 3.42. The lowest BCUT2D eigenvalue weighted by Crippen LogP contribution is -2.32. The first-order chi connectivity index (χ1) is 10.4. The predicted molar refractivity (Wildman–Crippen MR) is 87.9 cm³/mol. The summed E-state index contributed by atoms with van der Waals surface area (Å²) in [6.45, 7) is 4.13. The largest absolute Gasteiger partial charge is 0.326 e. The van der Waals surface area contributed by atoms with Crippen molar-refractivity contribution in [1.82, 2.24) is 0 Å². The van der Waals surface area contributed by atoms with Crippen LogP contribution in [0.1, 0.15) is 31.4 Å². The number of halogens is 1. The van der Waals surface area contributed by atoms with Crippen LogP contribution in [-0.4, -0.2) is 5.91 Å². The molecule has 0 atom stereocenters. The van der Waals surface area contributed by atoms with E-state index < -0.39 is 0 Å². The quantitative estimate of drug-likeness (QED) is 0.843. The highest BCUT2D eigenvalue weighted by molar-refractivity contribution is 6.31. The Balaban J connectivity index is 2.14. The number of benzene rings is 2. The molecule has 4 heteroatoms. The monoisotopic (exact) mass is 310 g/mol. The normalized spacial score (nSPS) is 15.6. The van der Waals surface area contributed by atoms with Crippen LogP contribution in [0.2, 0.25) is 5.02 Å². The third-order valence-corrected chi connectivity index (χ3v) is 4.20. The maximum absolute atomic E-state index is 11.8. The number of amides is 1. The third-order valence-electron chi connectivity index (χ3n) is 3.99. The Bertz CT molecular complexity index is 818. The van der Waals surface area contributed by atoms with Gasteiger partial charge in [-0.3, -0.25) is 4.79 Å². The predicted octanol–water partition coefficient (Wildman–Crippen LogP) is 4.50. The van der Waals surface area contributed by atoms with Gasteiger partial charge in [-0.2, -0.15) is 5.26 Å². The van der Waals surface area contributed by atoms with Gasteiger partial charge in [0.2, 0.25) is 5.91 Å². The lowest BCUT2D eigenvalue weighted by molar-refractivity contribution is -0.117. The molecule has 3 rings (SSSR count). The van der Waals surface area contributed by atoms with Gasteiger partial charge in [0, 0.05) is 22.5 Å². The molecule has 2 aromatic rings. The van der Waals surface area contributed by atoms with E-state index >= 15 is 0 Å². The van der Waals surface area contributed by atoms with Crippen LogP contribution >= 0.6 is 11.6 Å². The van der Waals surface area contributed by atoms with E-state index in [4.69, 9.17) is 16.9 Å². The molecule has 0 saturated heterocycles. The number of rotatable bonds is 1. The lowest BCUT2D eigenvalue weighted by atomic mass is 9.77. The molecule has 3 nitrogen and oxygen atoms in total. The summed E-state index contributed by atoms with van der Waals surface area (Å²) in [5, 5.41) is 12.5. The van der Waals surface area contributed by atoms with E-state index in [9.17, 15) is 4.79 Å². The van der Waals surface area contributed by atoms with Crippen LogP contribution in [0, 0.1) is 11.3 Å². The number of hydrogen-bond acceptors (Lipinski definition) is 2. The van der Waals surface area contributed by atoms with Crippen LogP contribution in [-0.2, 0) is 10.2 Å². The van der Waals surface area contributed by atoms with E-state index in [-0.39, 0.29) is 11.3 Å². The Labute approximate surface area is 134 Å². The van der Waals surface area contributed by atoms with Gasteiger partial charge in [-0.05, 0) is 47.0 Å². The molecule has 110 valence electrons. The molecular formula is C18H15ClN2O. The Morgan fingerprint density at radius 1 is 1.18 bits per heavy atom. The second-order valence-corrected chi connectivity index (χ2v) is 6.65. The second-order valence-electron chi connectivity index (χ2n) is 6.21. The molecule has 0 spiro atoms. The molecule has 22 heavy (non-hydrogen) atoms. The van der Waals surface area contributed by atoms with Gasteiger partial charge < -0.3 is 5.32 Å². The third kappa shape index (κ3) is 2.58. The fourth-order valence-corrected chi connectivity index (χ4v) is 3.14. The molecule has 0 saturated carbocycles. The summed E-state index contributed by atoms with van der Waals surface area (Å²) in [6.07, 6.45) is 0.461. The Morgan fingerprint density at radius 3 is 2.68 bits per heavy atom. The lowest BCUT2D eigenvalue weighted by Gasteiger charge is -2.32. The van der Waals surface area contributed by atoms with Gasteiger partial charge in [0.25, 0.3) is 0 Å². The van der Waals surface area contributed by atoms with Crippen molar-refractivity contribution < 1.29 is 4.79 Å². The number of nitrogens with zero attached hydrogens (tertiary/aromatic N) is 1. The van der Waals surface area contributed by atoms with Gasteiger partial charge in [-0.25, -0.2) is 0 Å². The molecule has 1 heterocycles. The highest BCUT2D eigenvalue weighted by Gasteiger charge is 2.32. The molecule has 0 bridgehead atoms. The number of fused-ring (bicyclic) bond motifs is 1. The van der Waals surface area contributed by atoms with Crippen molar-refractivity contribution in [2.45, 2.75) is 25.7 Å². The van der Waals surface area contributed by atoms with Crippen LogP contribution in [0.5, 0.6) is 0 Å². The molecular weight excluding hydrogens is 296 g/mol. The summed E-state index contributed by atoms with van der Waals surface area (Å²) < 4.78 is 0. The fraction of sp³-hybridized carbons (Fsp3) is 0.222. The minimum atomic E-state index is -0.218. The summed E-state index contributed by atoms with van der Waals surface area (Å²) in [5.41, 5.74) is 4.16. The van der Waals surface area contributed by atoms with E-state index in [0.29, 0.717) is 17.0 Å². The van der Waals surface area contributed by atoms with Crippen molar-refractivity contribution >= 4 is 23.2 Å².